The van der Waals surface area contributed by atoms with E-state index in [1.807, 2.05) is 29.6 Å². The topological polar surface area (TPSA) is 12.0 Å². The Morgan fingerprint density at radius 2 is 1.81 bits per heavy atom. The lowest BCUT2D eigenvalue weighted by Crippen LogP contribution is -2.19. The molecule has 0 amide bonds. The fraction of sp³-hybridized carbons (Fsp3) is 0.176. The van der Waals surface area contributed by atoms with Crippen molar-refractivity contribution in [2.75, 3.05) is 7.05 Å². The summed E-state index contributed by atoms with van der Waals surface area (Å²) in [6, 6.07) is 10.3. The molecule has 1 unspecified atom stereocenters. The summed E-state index contributed by atoms with van der Waals surface area (Å²) in [5, 5.41) is 6.28. The van der Waals surface area contributed by atoms with Crippen LogP contribution in [0.2, 0.25) is 0 Å². The molecule has 0 aliphatic carbocycles. The summed E-state index contributed by atoms with van der Waals surface area (Å²) in [7, 11) is 1.79. The second-order valence-electron chi connectivity index (χ2n) is 5.03. The Balaban J connectivity index is 2.17. The highest BCUT2D eigenvalue weighted by Gasteiger charge is 2.20. The van der Waals surface area contributed by atoms with E-state index >= 15 is 0 Å². The number of aryl methyl sites for hydroxylation is 1. The Hall–Kier alpha value is -1.78. The van der Waals surface area contributed by atoms with Crippen LogP contribution >= 0.6 is 11.3 Å². The van der Waals surface area contributed by atoms with Gasteiger partial charge in [0, 0.05) is 16.3 Å². The van der Waals surface area contributed by atoms with Gasteiger partial charge in [-0.2, -0.15) is 0 Å². The Labute approximate surface area is 126 Å². The molecular formula is C17H15F2NS. The van der Waals surface area contributed by atoms with Gasteiger partial charge in [-0.1, -0.05) is 18.2 Å². The molecule has 4 heteroatoms. The maximum atomic E-state index is 14.2. The van der Waals surface area contributed by atoms with Crippen LogP contribution in [-0.4, -0.2) is 7.05 Å². The minimum atomic E-state index is -0.521. The maximum absolute atomic E-state index is 14.2. The molecule has 0 saturated heterocycles. The summed E-state index contributed by atoms with van der Waals surface area (Å²) >= 11 is 1.63. The molecule has 0 spiro atoms. The predicted octanol–water partition coefficient (Wildman–Crippen LogP) is 4.80. The van der Waals surface area contributed by atoms with Gasteiger partial charge >= 0.3 is 0 Å². The Morgan fingerprint density at radius 1 is 1.05 bits per heavy atom. The van der Waals surface area contributed by atoms with Crippen molar-refractivity contribution in [3.05, 3.63) is 70.1 Å². The molecule has 3 aromatic rings. The minimum absolute atomic E-state index is 0.291. The van der Waals surface area contributed by atoms with E-state index in [-0.39, 0.29) is 6.04 Å². The van der Waals surface area contributed by atoms with Crippen molar-refractivity contribution < 1.29 is 8.78 Å². The normalized spacial score (nSPS) is 12.8. The van der Waals surface area contributed by atoms with Gasteiger partial charge in [0.2, 0.25) is 0 Å². The van der Waals surface area contributed by atoms with E-state index in [0.717, 1.165) is 21.7 Å². The minimum Gasteiger partial charge on any atom is -0.309 e. The quantitative estimate of drug-likeness (QED) is 0.733. The van der Waals surface area contributed by atoms with Crippen LogP contribution in [0.15, 0.2) is 41.8 Å². The third kappa shape index (κ3) is 2.45. The number of rotatable bonds is 3. The third-order valence-electron chi connectivity index (χ3n) is 3.70. The second-order valence-corrected chi connectivity index (χ2v) is 5.94. The Kier molecular flexibility index (Phi) is 3.74. The number of benzene rings is 2. The summed E-state index contributed by atoms with van der Waals surface area (Å²) in [5.41, 5.74) is 1.94. The van der Waals surface area contributed by atoms with Crippen molar-refractivity contribution >= 4 is 21.4 Å². The van der Waals surface area contributed by atoms with E-state index in [1.165, 1.54) is 0 Å². The molecule has 0 radical (unpaired) electrons. The largest absolute Gasteiger partial charge is 0.309 e. The molecule has 1 heterocycles. The van der Waals surface area contributed by atoms with E-state index in [2.05, 4.69) is 5.32 Å². The van der Waals surface area contributed by atoms with E-state index < -0.39 is 11.6 Å². The van der Waals surface area contributed by atoms with Crippen LogP contribution in [-0.2, 0) is 0 Å². The monoisotopic (exact) mass is 303 g/mol. The Morgan fingerprint density at radius 3 is 2.57 bits per heavy atom. The van der Waals surface area contributed by atoms with Crippen molar-refractivity contribution in [3.63, 3.8) is 0 Å². The lowest BCUT2D eigenvalue weighted by atomic mass is 9.96. The zero-order valence-electron chi connectivity index (χ0n) is 11.8. The van der Waals surface area contributed by atoms with Gasteiger partial charge in [0.1, 0.15) is 11.6 Å². The summed E-state index contributed by atoms with van der Waals surface area (Å²) < 4.78 is 28.8. The van der Waals surface area contributed by atoms with Gasteiger partial charge in [0.25, 0.3) is 0 Å². The number of hydrogen-bond donors (Lipinski definition) is 1. The number of fused-ring (bicyclic) bond motifs is 1. The zero-order chi connectivity index (χ0) is 15.0. The van der Waals surface area contributed by atoms with Crippen LogP contribution in [0.1, 0.15) is 22.7 Å². The van der Waals surface area contributed by atoms with Crippen molar-refractivity contribution in [1.82, 2.24) is 5.32 Å². The predicted molar refractivity (Wildman–Crippen MR) is 83.8 cm³/mol. The highest BCUT2D eigenvalue weighted by molar-refractivity contribution is 7.17. The molecule has 21 heavy (non-hydrogen) atoms. The van der Waals surface area contributed by atoms with Crippen molar-refractivity contribution in [2.45, 2.75) is 13.0 Å². The zero-order valence-corrected chi connectivity index (χ0v) is 12.6. The van der Waals surface area contributed by atoms with Gasteiger partial charge in [-0.25, -0.2) is 8.78 Å². The van der Waals surface area contributed by atoms with Gasteiger partial charge in [-0.05, 0) is 48.0 Å². The number of halogens is 2. The van der Waals surface area contributed by atoms with Crippen LogP contribution in [0.25, 0.3) is 10.1 Å². The molecule has 1 atom stereocenters. The SMILES string of the molecule is CNC(c1cc(C)c(F)cc1F)c1csc2ccccc12. The first kappa shape index (κ1) is 14.2. The molecule has 108 valence electrons. The van der Waals surface area contributed by atoms with E-state index in [9.17, 15) is 8.78 Å². The highest BCUT2D eigenvalue weighted by Crippen LogP contribution is 2.34. The van der Waals surface area contributed by atoms with Gasteiger partial charge in [-0.15, -0.1) is 11.3 Å². The second kappa shape index (κ2) is 5.54. The van der Waals surface area contributed by atoms with Gasteiger partial charge in [0.05, 0.1) is 6.04 Å². The average molecular weight is 303 g/mol. The lowest BCUT2D eigenvalue weighted by Gasteiger charge is -2.18. The first-order chi connectivity index (χ1) is 10.1. The summed E-state index contributed by atoms with van der Waals surface area (Å²) in [5.74, 6) is -1.03. The van der Waals surface area contributed by atoms with Gasteiger partial charge < -0.3 is 5.32 Å². The average Bonchev–Trinajstić information content (AvgIpc) is 2.89. The third-order valence-corrected chi connectivity index (χ3v) is 4.68. The maximum Gasteiger partial charge on any atom is 0.131 e. The molecule has 0 saturated carbocycles. The fourth-order valence-corrected chi connectivity index (χ4v) is 3.59. The smallest absolute Gasteiger partial charge is 0.131 e. The first-order valence-corrected chi connectivity index (χ1v) is 7.58. The molecule has 0 aliphatic heterocycles. The molecule has 1 aromatic heterocycles. The Bertz CT molecular complexity index is 795. The molecule has 3 rings (SSSR count). The fourth-order valence-electron chi connectivity index (χ4n) is 2.60. The number of thiophene rings is 1. The summed E-state index contributed by atoms with van der Waals surface area (Å²) in [6.45, 7) is 1.65. The number of hydrogen-bond acceptors (Lipinski definition) is 2. The van der Waals surface area contributed by atoms with Crippen LogP contribution in [0.5, 0.6) is 0 Å². The molecule has 1 nitrogen and oxygen atoms in total. The standard InChI is InChI=1S/C17H15F2NS/c1-10-7-12(15(19)8-14(10)18)17(20-2)13-9-21-16-6-4-3-5-11(13)16/h3-9,17,20H,1-2H3. The lowest BCUT2D eigenvalue weighted by molar-refractivity contribution is 0.548. The van der Waals surface area contributed by atoms with Crippen molar-refractivity contribution in [3.8, 4) is 0 Å². The number of nitrogens with one attached hydrogen (secondary N) is 1. The van der Waals surface area contributed by atoms with Crippen LogP contribution < -0.4 is 5.32 Å². The molecule has 0 bridgehead atoms. The van der Waals surface area contributed by atoms with Gasteiger partial charge in [0.15, 0.2) is 0 Å². The van der Waals surface area contributed by atoms with Crippen molar-refractivity contribution in [1.29, 1.82) is 0 Å². The van der Waals surface area contributed by atoms with Crippen LogP contribution in [0.4, 0.5) is 8.78 Å². The molecule has 0 fully saturated rings. The van der Waals surface area contributed by atoms with E-state index in [0.29, 0.717) is 11.1 Å². The van der Waals surface area contributed by atoms with Crippen LogP contribution in [0, 0.1) is 18.6 Å². The summed E-state index contributed by atoms with van der Waals surface area (Å²) in [4.78, 5) is 0. The van der Waals surface area contributed by atoms with Gasteiger partial charge in [-0.3, -0.25) is 0 Å². The van der Waals surface area contributed by atoms with E-state index in [1.54, 1.807) is 31.4 Å². The molecular weight excluding hydrogens is 288 g/mol. The van der Waals surface area contributed by atoms with Crippen molar-refractivity contribution in [2.24, 2.45) is 0 Å². The molecule has 2 aromatic carbocycles. The highest BCUT2D eigenvalue weighted by atomic mass is 32.1. The molecule has 1 N–H and O–H groups in total. The van der Waals surface area contributed by atoms with Crippen LogP contribution in [0.3, 0.4) is 0 Å². The molecule has 0 aliphatic rings. The summed E-state index contributed by atoms with van der Waals surface area (Å²) in [6.07, 6.45) is 0. The van der Waals surface area contributed by atoms with E-state index in [4.69, 9.17) is 0 Å². The first-order valence-electron chi connectivity index (χ1n) is 6.70.